The second kappa shape index (κ2) is 9.45. The van der Waals surface area contributed by atoms with E-state index in [2.05, 4.69) is 36.9 Å². The van der Waals surface area contributed by atoms with Gasteiger partial charge in [0.25, 0.3) is 5.56 Å². The van der Waals surface area contributed by atoms with Crippen LogP contribution in [-0.4, -0.2) is 48.8 Å². The van der Waals surface area contributed by atoms with Crippen LogP contribution in [0.5, 0.6) is 0 Å². The summed E-state index contributed by atoms with van der Waals surface area (Å²) < 4.78 is 20.4. The van der Waals surface area contributed by atoms with E-state index in [0.29, 0.717) is 41.2 Å². The van der Waals surface area contributed by atoms with Crippen molar-refractivity contribution in [2.75, 3.05) is 43.1 Å². The van der Waals surface area contributed by atoms with Crippen LogP contribution in [0.15, 0.2) is 65.5 Å². The molecule has 0 N–H and O–H groups in total. The Morgan fingerprint density at radius 3 is 2.39 bits per heavy atom. The molecule has 3 aromatic carbocycles. The zero-order valence-electron chi connectivity index (χ0n) is 20.5. The molecule has 0 radical (unpaired) electrons. The standard InChI is InChI=1S/C28H27FN4O3/c1-18-6-4-9-25(19(18)2)31-12-14-32(15-13-31)28-30-24-16-20(27(35)36-3)10-11-23(24)26(34)33(28)22-8-5-7-21(29)17-22/h4-11,16-17H,12-15H2,1-3H3. The first-order chi connectivity index (χ1) is 17.4. The number of carbonyl (C=O) groups excluding carboxylic acids is 1. The van der Waals surface area contributed by atoms with Gasteiger partial charge in [0.05, 0.1) is 29.3 Å². The van der Waals surface area contributed by atoms with Crippen molar-refractivity contribution in [1.82, 2.24) is 9.55 Å². The average molecular weight is 487 g/mol. The highest BCUT2D eigenvalue weighted by atomic mass is 19.1. The molecule has 2 heterocycles. The predicted octanol–water partition coefficient (Wildman–Crippen LogP) is 4.25. The summed E-state index contributed by atoms with van der Waals surface area (Å²) in [5.74, 6) is -0.524. The van der Waals surface area contributed by atoms with E-state index < -0.39 is 11.8 Å². The number of methoxy groups -OCH3 is 1. The SMILES string of the molecule is COC(=O)c1ccc2c(=O)n(-c3cccc(F)c3)c(N3CCN(c4cccc(C)c4C)CC3)nc2c1. The predicted molar refractivity (Wildman–Crippen MR) is 139 cm³/mol. The zero-order valence-corrected chi connectivity index (χ0v) is 20.5. The van der Waals surface area contributed by atoms with Gasteiger partial charge in [-0.05, 0) is 67.4 Å². The molecule has 1 aliphatic rings. The lowest BCUT2D eigenvalue weighted by molar-refractivity contribution is 0.0601. The fraction of sp³-hybridized carbons (Fsp3) is 0.250. The summed E-state index contributed by atoms with van der Waals surface area (Å²) in [6, 6.07) is 16.9. The number of hydrogen-bond donors (Lipinski definition) is 0. The number of hydrogen-bond acceptors (Lipinski definition) is 6. The Labute approximate surface area is 208 Å². The molecule has 0 bridgehead atoms. The van der Waals surface area contributed by atoms with Crippen molar-refractivity contribution >= 4 is 28.5 Å². The van der Waals surface area contributed by atoms with Crippen molar-refractivity contribution in [3.8, 4) is 5.69 Å². The summed E-state index contributed by atoms with van der Waals surface area (Å²) in [6.45, 7) is 6.96. The Morgan fingerprint density at radius 2 is 1.67 bits per heavy atom. The summed E-state index contributed by atoms with van der Waals surface area (Å²) in [6.07, 6.45) is 0. The largest absolute Gasteiger partial charge is 0.465 e. The summed E-state index contributed by atoms with van der Waals surface area (Å²) in [4.78, 5) is 34.9. The highest BCUT2D eigenvalue weighted by molar-refractivity contribution is 5.94. The van der Waals surface area contributed by atoms with E-state index in [4.69, 9.17) is 9.72 Å². The number of benzene rings is 3. The molecule has 1 aromatic heterocycles. The van der Waals surface area contributed by atoms with Crippen LogP contribution in [0.25, 0.3) is 16.6 Å². The number of halogens is 1. The minimum absolute atomic E-state index is 0.311. The van der Waals surface area contributed by atoms with E-state index in [1.807, 2.05) is 4.90 Å². The molecule has 0 unspecified atom stereocenters. The van der Waals surface area contributed by atoms with Gasteiger partial charge in [-0.25, -0.2) is 18.7 Å². The van der Waals surface area contributed by atoms with Crippen molar-refractivity contribution < 1.29 is 13.9 Å². The van der Waals surface area contributed by atoms with E-state index in [0.717, 1.165) is 13.1 Å². The van der Waals surface area contributed by atoms with Gasteiger partial charge < -0.3 is 14.5 Å². The number of esters is 1. The van der Waals surface area contributed by atoms with Gasteiger partial charge in [0.2, 0.25) is 5.95 Å². The van der Waals surface area contributed by atoms with Gasteiger partial charge in [0, 0.05) is 31.9 Å². The van der Waals surface area contributed by atoms with Gasteiger partial charge in [-0.15, -0.1) is 0 Å². The van der Waals surface area contributed by atoms with Gasteiger partial charge in [0.15, 0.2) is 0 Å². The number of aryl methyl sites for hydroxylation is 1. The lowest BCUT2D eigenvalue weighted by Gasteiger charge is -2.38. The van der Waals surface area contributed by atoms with E-state index in [-0.39, 0.29) is 5.56 Å². The van der Waals surface area contributed by atoms with Crippen LogP contribution in [0.1, 0.15) is 21.5 Å². The third-order valence-electron chi connectivity index (χ3n) is 6.82. The van der Waals surface area contributed by atoms with E-state index in [1.54, 1.807) is 24.3 Å². The highest BCUT2D eigenvalue weighted by Gasteiger charge is 2.24. The molecular weight excluding hydrogens is 459 g/mol. The van der Waals surface area contributed by atoms with Crippen LogP contribution in [0, 0.1) is 19.7 Å². The lowest BCUT2D eigenvalue weighted by atomic mass is 10.1. The lowest BCUT2D eigenvalue weighted by Crippen LogP contribution is -2.48. The number of fused-ring (bicyclic) bond motifs is 1. The van der Waals surface area contributed by atoms with Gasteiger partial charge in [-0.2, -0.15) is 0 Å². The Hall–Kier alpha value is -4.20. The van der Waals surface area contributed by atoms with Crippen LogP contribution in [-0.2, 0) is 4.74 Å². The van der Waals surface area contributed by atoms with Crippen molar-refractivity contribution in [3.63, 3.8) is 0 Å². The van der Waals surface area contributed by atoms with Crippen LogP contribution in [0.3, 0.4) is 0 Å². The first kappa shape index (κ1) is 23.5. The van der Waals surface area contributed by atoms with E-state index in [9.17, 15) is 14.0 Å². The third-order valence-corrected chi connectivity index (χ3v) is 6.82. The number of piperazine rings is 1. The van der Waals surface area contributed by atoms with Crippen molar-refractivity contribution in [1.29, 1.82) is 0 Å². The van der Waals surface area contributed by atoms with Gasteiger partial charge in [-0.3, -0.25) is 4.79 Å². The number of nitrogens with zero attached hydrogens (tertiary/aromatic N) is 4. The quantitative estimate of drug-likeness (QED) is 0.402. The number of aromatic nitrogens is 2. The van der Waals surface area contributed by atoms with Crippen molar-refractivity contribution in [2.24, 2.45) is 0 Å². The molecule has 1 fully saturated rings. The molecule has 184 valence electrons. The van der Waals surface area contributed by atoms with Crippen LogP contribution >= 0.6 is 0 Å². The first-order valence-electron chi connectivity index (χ1n) is 11.8. The molecular formula is C28H27FN4O3. The molecule has 7 nitrogen and oxygen atoms in total. The Bertz CT molecular complexity index is 1520. The molecule has 0 atom stereocenters. The molecule has 1 saturated heterocycles. The fourth-order valence-electron chi connectivity index (χ4n) is 4.70. The second-order valence-corrected chi connectivity index (χ2v) is 8.95. The molecule has 8 heteroatoms. The van der Waals surface area contributed by atoms with Crippen molar-refractivity contribution in [2.45, 2.75) is 13.8 Å². The molecule has 0 amide bonds. The van der Waals surface area contributed by atoms with Crippen LogP contribution in [0.4, 0.5) is 16.0 Å². The zero-order chi connectivity index (χ0) is 25.4. The molecule has 0 saturated carbocycles. The molecule has 5 rings (SSSR count). The van der Waals surface area contributed by atoms with Gasteiger partial charge >= 0.3 is 5.97 Å². The maximum atomic E-state index is 14.2. The normalized spacial score (nSPS) is 13.8. The number of carbonyl (C=O) groups is 1. The van der Waals surface area contributed by atoms with Crippen LogP contribution in [0.2, 0.25) is 0 Å². The number of rotatable bonds is 4. The highest BCUT2D eigenvalue weighted by Crippen LogP contribution is 2.26. The van der Waals surface area contributed by atoms with Gasteiger partial charge in [0.1, 0.15) is 5.82 Å². The van der Waals surface area contributed by atoms with E-state index >= 15 is 0 Å². The molecule has 1 aliphatic heterocycles. The topological polar surface area (TPSA) is 67.7 Å². The molecule has 4 aromatic rings. The smallest absolute Gasteiger partial charge is 0.337 e. The Balaban J connectivity index is 1.59. The third kappa shape index (κ3) is 4.19. The maximum absolute atomic E-state index is 14.2. The first-order valence-corrected chi connectivity index (χ1v) is 11.8. The van der Waals surface area contributed by atoms with Gasteiger partial charge in [-0.1, -0.05) is 18.2 Å². The number of ether oxygens (including phenoxy) is 1. The molecule has 0 spiro atoms. The summed E-state index contributed by atoms with van der Waals surface area (Å²) >= 11 is 0. The second-order valence-electron chi connectivity index (χ2n) is 8.95. The Kier molecular flexibility index (Phi) is 6.18. The van der Waals surface area contributed by atoms with Crippen molar-refractivity contribution in [3.05, 3.63) is 93.5 Å². The number of anilines is 2. The maximum Gasteiger partial charge on any atom is 0.337 e. The fourth-order valence-corrected chi connectivity index (χ4v) is 4.70. The monoisotopic (exact) mass is 486 g/mol. The average Bonchev–Trinajstić information content (AvgIpc) is 2.89. The summed E-state index contributed by atoms with van der Waals surface area (Å²) in [7, 11) is 1.31. The summed E-state index contributed by atoms with van der Waals surface area (Å²) in [5.41, 5.74) is 4.47. The molecule has 0 aliphatic carbocycles. The van der Waals surface area contributed by atoms with Crippen LogP contribution < -0.4 is 15.4 Å². The molecule has 36 heavy (non-hydrogen) atoms. The summed E-state index contributed by atoms with van der Waals surface area (Å²) in [5, 5.41) is 0.338. The minimum Gasteiger partial charge on any atom is -0.465 e. The van der Waals surface area contributed by atoms with E-state index in [1.165, 1.54) is 46.7 Å². The minimum atomic E-state index is -0.503. The Morgan fingerprint density at radius 1 is 0.944 bits per heavy atom.